The highest BCUT2D eigenvalue weighted by Crippen LogP contribution is 1.95. The van der Waals surface area contributed by atoms with E-state index in [0.717, 1.165) is 12.4 Å². The van der Waals surface area contributed by atoms with Crippen molar-refractivity contribution in [3.63, 3.8) is 0 Å². The Morgan fingerprint density at radius 1 is 1.82 bits per heavy atom. The minimum Gasteiger partial charge on any atom is -0.618 e. The van der Waals surface area contributed by atoms with Gasteiger partial charge < -0.3 is 10.3 Å². The molecule has 1 N–H and O–H groups in total. The van der Waals surface area contributed by atoms with Gasteiger partial charge in [-0.3, -0.25) is 0 Å². The van der Waals surface area contributed by atoms with E-state index in [1.807, 2.05) is 0 Å². The van der Waals surface area contributed by atoms with Gasteiger partial charge >= 0.3 is 5.97 Å². The number of carbonyl (C=O) groups is 1. The van der Waals surface area contributed by atoms with Gasteiger partial charge in [0, 0.05) is 6.92 Å². The van der Waals surface area contributed by atoms with E-state index in [9.17, 15) is 10.0 Å². The van der Waals surface area contributed by atoms with Crippen molar-refractivity contribution in [3.8, 4) is 0 Å². The predicted molar refractivity (Wildman–Crippen MR) is 34.9 cm³/mol. The molecular weight excluding hydrogens is 148 g/mol. The van der Waals surface area contributed by atoms with Crippen molar-refractivity contribution in [2.24, 2.45) is 0 Å². The van der Waals surface area contributed by atoms with E-state index in [1.165, 1.54) is 6.92 Å². The number of hydrogen-bond donors (Lipinski definition) is 1. The molecule has 1 heterocycles. The van der Waals surface area contributed by atoms with E-state index in [2.05, 4.69) is 4.98 Å². The summed E-state index contributed by atoms with van der Waals surface area (Å²) < 4.78 is 0.469. The highest BCUT2D eigenvalue weighted by Gasteiger charge is 2.14. The van der Waals surface area contributed by atoms with Crippen LogP contribution in [0.4, 0.5) is 0 Å². The monoisotopic (exact) mass is 154 g/mol. The smallest absolute Gasteiger partial charge is 0.361 e. The SMILES string of the molecule is Cc1c(C(=O)O)ncc[n+]1[O-]. The molecule has 0 fully saturated rings. The largest absolute Gasteiger partial charge is 0.618 e. The van der Waals surface area contributed by atoms with Gasteiger partial charge in [-0.2, -0.15) is 4.73 Å². The molecule has 0 amide bonds. The number of nitrogens with zero attached hydrogens (tertiary/aromatic N) is 2. The topological polar surface area (TPSA) is 77.1 Å². The van der Waals surface area contributed by atoms with Crippen molar-refractivity contribution in [1.82, 2.24) is 4.98 Å². The molecule has 5 nitrogen and oxygen atoms in total. The normalized spacial score (nSPS) is 9.55. The second kappa shape index (κ2) is 2.53. The number of aromatic nitrogens is 2. The second-order valence-corrected chi connectivity index (χ2v) is 1.99. The number of aromatic carboxylic acids is 1. The number of rotatable bonds is 1. The number of carboxylic acids is 1. The Kier molecular flexibility index (Phi) is 1.72. The fourth-order valence-corrected chi connectivity index (χ4v) is 0.688. The van der Waals surface area contributed by atoms with Crippen LogP contribution in [-0.4, -0.2) is 16.1 Å². The minimum atomic E-state index is -1.19. The van der Waals surface area contributed by atoms with E-state index in [1.54, 1.807) is 0 Å². The van der Waals surface area contributed by atoms with Gasteiger partial charge in [0.1, 0.15) is 0 Å². The lowest BCUT2D eigenvalue weighted by Crippen LogP contribution is -2.32. The number of carboxylic acid groups (broad SMARTS) is 1. The molecule has 0 aliphatic rings. The summed E-state index contributed by atoms with van der Waals surface area (Å²) in [6.07, 6.45) is 2.31. The Morgan fingerprint density at radius 3 is 2.91 bits per heavy atom. The van der Waals surface area contributed by atoms with Crippen molar-refractivity contribution in [3.05, 3.63) is 29.0 Å². The molecule has 0 saturated heterocycles. The zero-order valence-electron chi connectivity index (χ0n) is 5.81. The molecule has 0 saturated carbocycles. The quantitative estimate of drug-likeness (QED) is 0.445. The van der Waals surface area contributed by atoms with Crippen LogP contribution in [0.2, 0.25) is 0 Å². The van der Waals surface area contributed by atoms with Crippen LogP contribution in [0.3, 0.4) is 0 Å². The predicted octanol–water partition coefficient (Wildman–Crippen LogP) is -0.278. The van der Waals surface area contributed by atoms with Crippen LogP contribution in [-0.2, 0) is 0 Å². The molecule has 1 aromatic heterocycles. The van der Waals surface area contributed by atoms with Crippen molar-refractivity contribution in [2.45, 2.75) is 6.92 Å². The first-order chi connectivity index (χ1) is 5.13. The Hall–Kier alpha value is -1.65. The summed E-state index contributed by atoms with van der Waals surface area (Å²) in [6, 6.07) is 0. The highest BCUT2D eigenvalue weighted by molar-refractivity contribution is 5.85. The van der Waals surface area contributed by atoms with Gasteiger partial charge in [0.2, 0.25) is 11.4 Å². The Bertz CT molecular complexity index is 298. The van der Waals surface area contributed by atoms with Crippen molar-refractivity contribution in [2.75, 3.05) is 0 Å². The van der Waals surface area contributed by atoms with Gasteiger partial charge in [0.05, 0.1) is 6.20 Å². The first-order valence-electron chi connectivity index (χ1n) is 2.91. The van der Waals surface area contributed by atoms with Gasteiger partial charge in [-0.1, -0.05) is 0 Å². The molecular formula is C6H6N2O3. The molecule has 0 unspecified atom stereocenters. The maximum absolute atomic E-state index is 10.8. The summed E-state index contributed by atoms with van der Waals surface area (Å²) >= 11 is 0. The molecule has 0 radical (unpaired) electrons. The van der Waals surface area contributed by atoms with Gasteiger partial charge in [0.15, 0.2) is 6.20 Å². The molecule has 0 aromatic carbocycles. The average Bonchev–Trinajstić information content (AvgIpc) is 1.94. The summed E-state index contributed by atoms with van der Waals surface area (Å²) in [5, 5.41) is 19.2. The highest BCUT2D eigenvalue weighted by atomic mass is 16.5. The summed E-state index contributed by atoms with van der Waals surface area (Å²) in [7, 11) is 0. The van der Waals surface area contributed by atoms with Crippen LogP contribution in [0, 0.1) is 12.1 Å². The molecule has 1 rings (SSSR count). The van der Waals surface area contributed by atoms with E-state index < -0.39 is 5.97 Å². The molecule has 58 valence electrons. The second-order valence-electron chi connectivity index (χ2n) is 1.99. The zero-order valence-corrected chi connectivity index (χ0v) is 5.81. The van der Waals surface area contributed by atoms with Crippen LogP contribution in [0.25, 0.3) is 0 Å². The van der Waals surface area contributed by atoms with E-state index in [4.69, 9.17) is 5.11 Å². The lowest BCUT2D eigenvalue weighted by atomic mass is 10.3. The maximum atomic E-state index is 10.8. The lowest BCUT2D eigenvalue weighted by molar-refractivity contribution is -0.613. The van der Waals surface area contributed by atoms with Crippen LogP contribution in [0.5, 0.6) is 0 Å². The third-order valence-electron chi connectivity index (χ3n) is 1.28. The molecule has 0 aliphatic heterocycles. The molecule has 5 heteroatoms. The lowest BCUT2D eigenvalue weighted by Gasteiger charge is -2.00. The minimum absolute atomic E-state index is 0.0972. The van der Waals surface area contributed by atoms with Crippen LogP contribution in [0.15, 0.2) is 12.4 Å². The fraction of sp³-hybridized carbons (Fsp3) is 0.167. The standard InChI is InChI=1S/C6H6N2O3/c1-4-5(6(9)10)7-2-3-8(4)11/h2-3H,1H3,(H,9,10). The van der Waals surface area contributed by atoms with Crippen LogP contribution < -0.4 is 4.73 Å². The molecule has 0 aliphatic carbocycles. The van der Waals surface area contributed by atoms with Gasteiger partial charge in [-0.05, 0) is 0 Å². The van der Waals surface area contributed by atoms with Gasteiger partial charge in [0.25, 0.3) is 0 Å². The van der Waals surface area contributed by atoms with Crippen LogP contribution >= 0.6 is 0 Å². The van der Waals surface area contributed by atoms with E-state index >= 15 is 0 Å². The summed E-state index contributed by atoms with van der Waals surface area (Å²) in [6.45, 7) is 1.41. The van der Waals surface area contributed by atoms with Gasteiger partial charge in [-0.25, -0.2) is 9.78 Å². The zero-order chi connectivity index (χ0) is 8.43. The third-order valence-corrected chi connectivity index (χ3v) is 1.28. The average molecular weight is 154 g/mol. The molecule has 11 heavy (non-hydrogen) atoms. The molecule has 0 bridgehead atoms. The van der Waals surface area contributed by atoms with Crippen molar-refractivity contribution in [1.29, 1.82) is 0 Å². The first kappa shape index (κ1) is 7.46. The Balaban J connectivity index is 3.27. The summed E-state index contributed by atoms with van der Waals surface area (Å²) in [5.41, 5.74) is -0.109. The molecule has 0 spiro atoms. The first-order valence-corrected chi connectivity index (χ1v) is 2.91. The maximum Gasteiger partial charge on any atom is 0.361 e. The van der Waals surface area contributed by atoms with E-state index in [0.29, 0.717) is 4.73 Å². The molecule has 1 aromatic rings. The summed E-state index contributed by atoms with van der Waals surface area (Å²) in [5.74, 6) is -1.19. The number of hydrogen-bond acceptors (Lipinski definition) is 3. The van der Waals surface area contributed by atoms with Crippen LogP contribution in [0.1, 0.15) is 16.2 Å². The Labute approximate surface area is 62.5 Å². The van der Waals surface area contributed by atoms with Crippen molar-refractivity contribution >= 4 is 5.97 Å². The third kappa shape index (κ3) is 1.26. The van der Waals surface area contributed by atoms with E-state index in [-0.39, 0.29) is 11.4 Å². The molecule has 0 atom stereocenters. The Morgan fingerprint density at radius 2 is 2.45 bits per heavy atom. The fourth-order valence-electron chi connectivity index (χ4n) is 0.688. The van der Waals surface area contributed by atoms with Crippen molar-refractivity contribution < 1.29 is 14.6 Å². The summed E-state index contributed by atoms with van der Waals surface area (Å²) in [4.78, 5) is 13.9. The van der Waals surface area contributed by atoms with Gasteiger partial charge in [-0.15, -0.1) is 0 Å².